The van der Waals surface area contributed by atoms with E-state index in [1.807, 2.05) is 60.7 Å². The third-order valence-electron chi connectivity index (χ3n) is 2.43. The highest BCUT2D eigenvalue weighted by Gasteiger charge is 1.95. The van der Waals surface area contributed by atoms with Gasteiger partial charge in [-0.15, -0.1) is 0 Å². The summed E-state index contributed by atoms with van der Waals surface area (Å²) in [6.45, 7) is 0. The lowest BCUT2D eigenvalue weighted by molar-refractivity contribution is 1.28. The molecular weight excluding hydrogens is 380 g/mol. The summed E-state index contributed by atoms with van der Waals surface area (Å²) in [5, 5.41) is 0. The molecular formula is C16H12Br2N2. The Balaban J connectivity index is 0.000000178. The molecule has 3 aromatic rings. The van der Waals surface area contributed by atoms with Crippen molar-refractivity contribution in [1.82, 2.24) is 9.97 Å². The Morgan fingerprint density at radius 3 is 1.75 bits per heavy atom. The summed E-state index contributed by atoms with van der Waals surface area (Å²) in [5.41, 5.74) is 2.15. The van der Waals surface area contributed by atoms with Crippen LogP contribution in [-0.2, 0) is 0 Å². The van der Waals surface area contributed by atoms with E-state index >= 15 is 0 Å². The van der Waals surface area contributed by atoms with Gasteiger partial charge in [0, 0.05) is 22.4 Å². The Morgan fingerprint density at radius 1 is 0.650 bits per heavy atom. The number of hydrogen-bond acceptors (Lipinski definition) is 2. The molecule has 3 rings (SSSR count). The standard InChI is InChI=1S/C11H8BrN.C5H4BrN/c12-10-6-4-9(5-7-10)11-3-1-2-8-13-11;6-5-3-1-2-4-7-5/h1-8H;1-4H. The van der Waals surface area contributed by atoms with Crippen molar-refractivity contribution in [1.29, 1.82) is 0 Å². The van der Waals surface area contributed by atoms with Gasteiger partial charge in [0.1, 0.15) is 4.60 Å². The second-order valence-electron chi connectivity index (χ2n) is 3.87. The van der Waals surface area contributed by atoms with Crippen LogP contribution in [0, 0.1) is 0 Å². The van der Waals surface area contributed by atoms with Gasteiger partial charge < -0.3 is 0 Å². The van der Waals surface area contributed by atoms with E-state index in [0.29, 0.717) is 0 Å². The Labute approximate surface area is 135 Å². The van der Waals surface area contributed by atoms with Crippen LogP contribution in [0.4, 0.5) is 0 Å². The molecule has 0 N–H and O–H groups in total. The van der Waals surface area contributed by atoms with Crippen LogP contribution < -0.4 is 0 Å². The zero-order chi connectivity index (χ0) is 14.2. The minimum atomic E-state index is 0.884. The fourth-order valence-electron chi connectivity index (χ4n) is 1.50. The molecule has 0 unspecified atom stereocenters. The van der Waals surface area contributed by atoms with Gasteiger partial charge in [0.25, 0.3) is 0 Å². The maximum atomic E-state index is 4.26. The van der Waals surface area contributed by atoms with Crippen molar-refractivity contribution < 1.29 is 0 Å². The highest BCUT2D eigenvalue weighted by Crippen LogP contribution is 2.18. The number of hydrogen-bond donors (Lipinski definition) is 0. The minimum Gasteiger partial charge on any atom is -0.256 e. The summed E-state index contributed by atoms with van der Waals surface area (Å²) in [7, 11) is 0. The molecule has 2 heterocycles. The van der Waals surface area contributed by atoms with Gasteiger partial charge in [-0.2, -0.15) is 0 Å². The third-order valence-corrected chi connectivity index (χ3v) is 3.43. The average Bonchev–Trinajstić information content (AvgIpc) is 2.50. The molecule has 2 aromatic heterocycles. The number of halogens is 2. The van der Waals surface area contributed by atoms with Gasteiger partial charge in [0.15, 0.2) is 0 Å². The van der Waals surface area contributed by atoms with Crippen molar-refractivity contribution in [3.63, 3.8) is 0 Å². The van der Waals surface area contributed by atoms with E-state index in [1.165, 1.54) is 0 Å². The Bertz CT molecular complexity index is 626. The van der Waals surface area contributed by atoms with Crippen LogP contribution in [0.25, 0.3) is 11.3 Å². The highest BCUT2D eigenvalue weighted by molar-refractivity contribution is 9.10. The van der Waals surface area contributed by atoms with Crippen LogP contribution in [0.15, 0.2) is 82.1 Å². The van der Waals surface area contributed by atoms with Crippen molar-refractivity contribution in [3.8, 4) is 11.3 Å². The molecule has 0 atom stereocenters. The van der Waals surface area contributed by atoms with Gasteiger partial charge in [0.2, 0.25) is 0 Å². The Hall–Kier alpha value is -1.52. The topological polar surface area (TPSA) is 25.8 Å². The van der Waals surface area contributed by atoms with Crippen LogP contribution in [0.1, 0.15) is 0 Å². The van der Waals surface area contributed by atoms with Crippen LogP contribution in [0.2, 0.25) is 0 Å². The number of benzene rings is 1. The van der Waals surface area contributed by atoms with Crippen LogP contribution in [0.3, 0.4) is 0 Å². The summed E-state index contributed by atoms with van der Waals surface area (Å²) < 4.78 is 1.97. The largest absolute Gasteiger partial charge is 0.256 e. The maximum Gasteiger partial charge on any atom is 0.106 e. The summed E-state index contributed by atoms with van der Waals surface area (Å²) >= 11 is 6.60. The lowest BCUT2D eigenvalue weighted by atomic mass is 10.1. The predicted octanol–water partition coefficient (Wildman–Crippen LogP) is 5.36. The molecule has 0 bridgehead atoms. The van der Waals surface area contributed by atoms with Gasteiger partial charge in [-0.3, -0.25) is 4.98 Å². The zero-order valence-electron chi connectivity index (χ0n) is 10.6. The van der Waals surface area contributed by atoms with E-state index in [1.54, 1.807) is 12.4 Å². The van der Waals surface area contributed by atoms with Crippen molar-refractivity contribution in [2.75, 3.05) is 0 Å². The fourth-order valence-corrected chi connectivity index (χ4v) is 2.03. The second-order valence-corrected chi connectivity index (χ2v) is 5.60. The molecule has 0 aliphatic heterocycles. The Kier molecular flexibility index (Phi) is 5.89. The molecule has 0 amide bonds. The number of aromatic nitrogens is 2. The van der Waals surface area contributed by atoms with Gasteiger partial charge in [-0.25, -0.2) is 4.98 Å². The molecule has 20 heavy (non-hydrogen) atoms. The molecule has 4 heteroatoms. The smallest absolute Gasteiger partial charge is 0.106 e. The highest BCUT2D eigenvalue weighted by atomic mass is 79.9. The number of nitrogens with zero attached hydrogens (tertiary/aromatic N) is 2. The maximum absolute atomic E-state index is 4.26. The quantitative estimate of drug-likeness (QED) is 0.522. The average molecular weight is 392 g/mol. The minimum absolute atomic E-state index is 0.884. The monoisotopic (exact) mass is 390 g/mol. The molecule has 0 aliphatic carbocycles. The van der Waals surface area contributed by atoms with E-state index in [-0.39, 0.29) is 0 Å². The van der Waals surface area contributed by atoms with Crippen LogP contribution in [0.5, 0.6) is 0 Å². The molecule has 1 aromatic carbocycles. The summed E-state index contributed by atoms with van der Waals surface area (Å²) in [5.74, 6) is 0. The lowest BCUT2D eigenvalue weighted by Crippen LogP contribution is -1.80. The molecule has 0 fully saturated rings. The van der Waals surface area contributed by atoms with Crippen molar-refractivity contribution in [2.24, 2.45) is 0 Å². The summed E-state index contributed by atoms with van der Waals surface area (Å²) in [6.07, 6.45) is 3.54. The molecule has 2 nitrogen and oxygen atoms in total. The van der Waals surface area contributed by atoms with Crippen LogP contribution >= 0.6 is 31.9 Å². The van der Waals surface area contributed by atoms with E-state index in [2.05, 4.69) is 41.8 Å². The molecule has 0 saturated heterocycles. The van der Waals surface area contributed by atoms with Gasteiger partial charge in [-0.1, -0.05) is 40.2 Å². The SMILES string of the molecule is Brc1ccc(-c2ccccn2)cc1.Brc1ccccn1. The first-order valence-corrected chi connectivity index (χ1v) is 7.58. The summed E-state index contributed by atoms with van der Waals surface area (Å²) in [6, 6.07) is 19.7. The molecule has 0 saturated carbocycles. The lowest BCUT2D eigenvalue weighted by Gasteiger charge is -1.99. The normalized spacial score (nSPS) is 9.50. The molecule has 0 spiro atoms. The molecule has 100 valence electrons. The van der Waals surface area contributed by atoms with Crippen molar-refractivity contribution in [3.05, 3.63) is 82.1 Å². The predicted molar refractivity (Wildman–Crippen MR) is 89.3 cm³/mol. The van der Waals surface area contributed by atoms with Crippen molar-refractivity contribution in [2.45, 2.75) is 0 Å². The van der Waals surface area contributed by atoms with Gasteiger partial charge in [0.05, 0.1) is 5.69 Å². The van der Waals surface area contributed by atoms with E-state index in [4.69, 9.17) is 0 Å². The van der Waals surface area contributed by atoms with E-state index < -0.39 is 0 Å². The second kappa shape index (κ2) is 7.92. The van der Waals surface area contributed by atoms with Crippen molar-refractivity contribution >= 4 is 31.9 Å². The summed E-state index contributed by atoms with van der Waals surface area (Å²) in [4.78, 5) is 8.16. The third kappa shape index (κ3) is 4.87. The Morgan fingerprint density at radius 2 is 1.30 bits per heavy atom. The fraction of sp³-hybridized carbons (Fsp3) is 0. The molecule has 0 aliphatic rings. The number of rotatable bonds is 1. The number of pyridine rings is 2. The first-order valence-electron chi connectivity index (χ1n) is 5.99. The van der Waals surface area contributed by atoms with E-state index in [9.17, 15) is 0 Å². The molecule has 0 radical (unpaired) electrons. The zero-order valence-corrected chi connectivity index (χ0v) is 13.8. The van der Waals surface area contributed by atoms with Gasteiger partial charge >= 0.3 is 0 Å². The van der Waals surface area contributed by atoms with Gasteiger partial charge in [-0.05, 0) is 52.3 Å². The first-order chi connectivity index (χ1) is 9.75. The van der Waals surface area contributed by atoms with E-state index in [0.717, 1.165) is 20.3 Å². The first kappa shape index (κ1) is 14.9. The van der Waals surface area contributed by atoms with Crippen LogP contribution in [-0.4, -0.2) is 9.97 Å².